The van der Waals surface area contributed by atoms with Gasteiger partial charge < -0.3 is 36.5 Å². The van der Waals surface area contributed by atoms with Gasteiger partial charge in [-0.3, -0.25) is 14.4 Å². The second kappa shape index (κ2) is 15.1. The summed E-state index contributed by atoms with van der Waals surface area (Å²) in [4.78, 5) is 55.4. The number of halogens is 1. The Balaban J connectivity index is 1.28. The Morgan fingerprint density at radius 2 is 1.82 bits per heavy atom. The predicted octanol–water partition coefficient (Wildman–Crippen LogP) is 3.09. The fraction of sp³-hybridized carbons (Fsp3) is 0.344. The Bertz CT molecular complexity index is 1690. The van der Waals surface area contributed by atoms with E-state index in [0.29, 0.717) is 36.4 Å². The van der Waals surface area contributed by atoms with Crippen LogP contribution in [0, 0.1) is 0 Å². The average Bonchev–Trinajstić information content (AvgIpc) is 3.04. The third kappa shape index (κ3) is 8.22. The average molecular weight is 632 g/mol. The lowest BCUT2D eigenvalue weighted by Crippen LogP contribution is -2.44. The second-order valence-electron chi connectivity index (χ2n) is 11.1. The maximum absolute atomic E-state index is 13.4. The summed E-state index contributed by atoms with van der Waals surface area (Å²) in [6.45, 7) is 6.25. The number of piperazine rings is 1. The molecule has 0 bridgehead atoms. The number of H-pyrrole nitrogens is 1. The minimum absolute atomic E-state index is 0.143. The molecule has 236 valence electrons. The minimum Gasteiger partial charge on any atom is -0.369 e. The molecular formula is C32H38ClN9O3. The molecule has 2 aromatic carbocycles. The first kappa shape index (κ1) is 32.0. The maximum Gasteiger partial charge on any atom is 0.262 e. The summed E-state index contributed by atoms with van der Waals surface area (Å²) in [5, 5.41) is 9.73. The van der Waals surface area contributed by atoms with Gasteiger partial charge in [0.2, 0.25) is 0 Å². The Hall–Kier alpha value is -4.36. The van der Waals surface area contributed by atoms with Crippen molar-refractivity contribution in [3.8, 4) is 0 Å². The van der Waals surface area contributed by atoms with Crippen molar-refractivity contribution in [3.63, 3.8) is 0 Å². The number of pyridine rings is 1. The van der Waals surface area contributed by atoms with Gasteiger partial charge in [0.25, 0.3) is 17.4 Å². The van der Waals surface area contributed by atoms with E-state index in [1.165, 1.54) is 24.5 Å². The van der Waals surface area contributed by atoms with Crippen LogP contribution in [0.1, 0.15) is 45.2 Å². The molecule has 3 heterocycles. The first-order valence-corrected chi connectivity index (χ1v) is 15.4. The van der Waals surface area contributed by atoms with Gasteiger partial charge in [0, 0.05) is 38.3 Å². The van der Waals surface area contributed by atoms with E-state index in [2.05, 4.69) is 47.7 Å². The highest BCUT2D eigenvalue weighted by Crippen LogP contribution is 2.25. The number of hydrogen-bond acceptors (Lipinski definition) is 9. The highest BCUT2D eigenvalue weighted by molar-refractivity contribution is 6.34. The van der Waals surface area contributed by atoms with Gasteiger partial charge in [-0.15, -0.1) is 0 Å². The van der Waals surface area contributed by atoms with Gasteiger partial charge in [0.15, 0.2) is 0 Å². The van der Waals surface area contributed by atoms with Crippen LogP contribution in [0.5, 0.6) is 0 Å². The number of benzene rings is 2. The number of fused-ring (bicyclic) bond motifs is 1. The van der Waals surface area contributed by atoms with Crippen molar-refractivity contribution in [3.05, 3.63) is 93.0 Å². The number of likely N-dealkylation sites (N-methyl/N-ethyl adjacent to an activating group) is 1. The van der Waals surface area contributed by atoms with Gasteiger partial charge in [0.05, 0.1) is 22.1 Å². The van der Waals surface area contributed by atoms with Crippen LogP contribution in [0.15, 0.2) is 65.7 Å². The summed E-state index contributed by atoms with van der Waals surface area (Å²) in [7, 11) is 2.13. The monoisotopic (exact) mass is 631 g/mol. The molecule has 45 heavy (non-hydrogen) atoms. The van der Waals surface area contributed by atoms with Crippen LogP contribution in [-0.2, 0) is 0 Å². The molecule has 1 fully saturated rings. The van der Waals surface area contributed by atoms with E-state index in [0.717, 1.165) is 44.7 Å². The summed E-state index contributed by atoms with van der Waals surface area (Å²) < 4.78 is 0. The van der Waals surface area contributed by atoms with E-state index in [4.69, 9.17) is 17.3 Å². The van der Waals surface area contributed by atoms with Gasteiger partial charge in [-0.25, -0.2) is 9.97 Å². The molecule has 2 amide bonds. The van der Waals surface area contributed by atoms with Gasteiger partial charge in [0.1, 0.15) is 23.4 Å². The zero-order valence-corrected chi connectivity index (χ0v) is 25.9. The summed E-state index contributed by atoms with van der Waals surface area (Å²) in [6, 6.07) is 15.3. The number of nitrogens with zero attached hydrogens (tertiary/aromatic N) is 4. The van der Waals surface area contributed by atoms with Crippen LogP contribution in [0.4, 0.5) is 11.5 Å². The van der Waals surface area contributed by atoms with Crippen LogP contribution in [0.3, 0.4) is 0 Å². The molecule has 2 aromatic heterocycles. The minimum atomic E-state index is -0.687. The number of aromatic amines is 1. The standard InChI is InChI=1S/C32H38ClN9O3/c1-41-14-16-42(17-15-41)13-5-12-35-28-23-19-24(32(45)40-29(23)37-20-36-28)31(44)39-27-18-22(8-9-25(27)33)30(43)38-26(10-11-34)21-6-3-2-4-7-21/h2-4,6-9,18-20,26H,5,10-17,34H2,1H3,(H,38,43)(H,39,44)(H2,35,36,37,40,45). The lowest BCUT2D eigenvalue weighted by molar-refractivity contribution is 0.0934. The first-order chi connectivity index (χ1) is 21.8. The molecule has 4 aromatic rings. The molecule has 1 unspecified atom stereocenters. The number of amides is 2. The Morgan fingerprint density at radius 1 is 1.04 bits per heavy atom. The largest absolute Gasteiger partial charge is 0.369 e. The Morgan fingerprint density at radius 3 is 2.58 bits per heavy atom. The van der Waals surface area contributed by atoms with Crippen molar-refractivity contribution >= 4 is 46.0 Å². The van der Waals surface area contributed by atoms with Gasteiger partial charge in [-0.05, 0) is 62.8 Å². The van der Waals surface area contributed by atoms with Gasteiger partial charge in [-0.1, -0.05) is 41.9 Å². The lowest BCUT2D eigenvalue weighted by Gasteiger charge is -2.32. The van der Waals surface area contributed by atoms with Crippen LogP contribution >= 0.6 is 11.6 Å². The van der Waals surface area contributed by atoms with E-state index in [1.54, 1.807) is 6.07 Å². The van der Waals surface area contributed by atoms with Crippen molar-refractivity contribution in [2.75, 3.05) is 63.5 Å². The van der Waals surface area contributed by atoms with Crippen LogP contribution in [0.2, 0.25) is 5.02 Å². The molecule has 0 radical (unpaired) electrons. The first-order valence-electron chi connectivity index (χ1n) is 15.0. The topological polar surface area (TPSA) is 161 Å². The molecule has 5 rings (SSSR count). The van der Waals surface area contributed by atoms with E-state index >= 15 is 0 Å². The second-order valence-corrected chi connectivity index (χ2v) is 11.5. The van der Waals surface area contributed by atoms with Crippen LogP contribution in [0.25, 0.3) is 11.0 Å². The van der Waals surface area contributed by atoms with Crippen molar-refractivity contribution < 1.29 is 9.59 Å². The fourth-order valence-corrected chi connectivity index (χ4v) is 5.44. The third-order valence-electron chi connectivity index (χ3n) is 7.87. The highest BCUT2D eigenvalue weighted by atomic mass is 35.5. The molecule has 1 saturated heterocycles. The molecule has 0 saturated carbocycles. The molecule has 1 aliphatic heterocycles. The van der Waals surface area contributed by atoms with Crippen molar-refractivity contribution in [1.82, 2.24) is 30.1 Å². The zero-order valence-electron chi connectivity index (χ0n) is 25.2. The van der Waals surface area contributed by atoms with Crippen molar-refractivity contribution in [2.45, 2.75) is 18.9 Å². The summed E-state index contributed by atoms with van der Waals surface area (Å²) in [5.74, 6) is -0.521. The van der Waals surface area contributed by atoms with Gasteiger partial charge >= 0.3 is 0 Å². The summed E-state index contributed by atoms with van der Waals surface area (Å²) in [6.07, 6.45) is 2.83. The molecular weight excluding hydrogens is 594 g/mol. The molecule has 12 nitrogen and oxygen atoms in total. The molecule has 6 N–H and O–H groups in total. The Labute approximate surface area is 266 Å². The molecule has 0 aliphatic carbocycles. The zero-order chi connectivity index (χ0) is 31.8. The molecule has 0 spiro atoms. The molecule has 1 atom stereocenters. The summed E-state index contributed by atoms with van der Waals surface area (Å²) in [5.41, 5.74) is 6.76. The smallest absolute Gasteiger partial charge is 0.262 e. The molecule has 1 aliphatic rings. The van der Waals surface area contributed by atoms with Crippen molar-refractivity contribution in [2.24, 2.45) is 5.73 Å². The number of carbonyl (C=O) groups excluding carboxylic acids is 2. The van der Waals surface area contributed by atoms with Crippen LogP contribution in [-0.4, -0.2) is 89.4 Å². The number of hydrogen-bond donors (Lipinski definition) is 5. The van der Waals surface area contributed by atoms with E-state index in [9.17, 15) is 14.4 Å². The third-order valence-corrected chi connectivity index (χ3v) is 8.20. The number of carbonyl (C=O) groups is 2. The van der Waals surface area contributed by atoms with Crippen LogP contribution < -0.4 is 27.2 Å². The SMILES string of the molecule is CN1CCN(CCCNc2ncnc3[nH]c(=O)c(C(=O)Nc4cc(C(=O)NC(CCN)c5ccccc5)ccc4Cl)cc23)CC1. The number of aromatic nitrogens is 3. The number of nitrogens with one attached hydrogen (secondary N) is 4. The number of anilines is 2. The highest BCUT2D eigenvalue weighted by Gasteiger charge is 2.19. The quantitative estimate of drug-likeness (QED) is 0.148. The van der Waals surface area contributed by atoms with E-state index in [1.807, 2.05) is 30.3 Å². The predicted molar refractivity (Wildman–Crippen MR) is 177 cm³/mol. The summed E-state index contributed by atoms with van der Waals surface area (Å²) >= 11 is 6.39. The molecule has 13 heteroatoms. The maximum atomic E-state index is 13.4. The number of nitrogens with two attached hydrogens (primary N) is 1. The lowest BCUT2D eigenvalue weighted by atomic mass is 10.0. The van der Waals surface area contributed by atoms with Crippen molar-refractivity contribution in [1.29, 1.82) is 0 Å². The number of rotatable bonds is 12. The van der Waals surface area contributed by atoms with Gasteiger partial charge in [-0.2, -0.15) is 0 Å². The van der Waals surface area contributed by atoms with E-state index in [-0.39, 0.29) is 33.8 Å². The normalized spacial score (nSPS) is 14.6. The van der Waals surface area contributed by atoms with E-state index < -0.39 is 11.5 Å². The Kier molecular flexibility index (Phi) is 10.7. The fourth-order valence-electron chi connectivity index (χ4n) is 5.27.